The monoisotopic (exact) mass is 219 g/mol. The van der Waals surface area contributed by atoms with Crippen molar-refractivity contribution in [3.05, 3.63) is 21.3 Å². The quantitative estimate of drug-likeness (QED) is 0.783. The third kappa shape index (κ3) is 2.69. The van der Waals surface area contributed by atoms with Crippen LogP contribution >= 0.6 is 22.9 Å². The largest absolute Gasteiger partial charge is 0.468 e. The minimum atomic E-state index is -0.624. The Hall–Kier alpha value is -0.580. The number of hydrogen-bond donors (Lipinski definition) is 1. The first-order valence-electron chi connectivity index (χ1n) is 3.70. The highest BCUT2D eigenvalue weighted by Gasteiger charge is 2.16. The van der Waals surface area contributed by atoms with Crippen LogP contribution in [0.5, 0.6) is 0 Å². The summed E-state index contributed by atoms with van der Waals surface area (Å²) in [5.41, 5.74) is 5.56. The number of rotatable bonds is 3. The van der Waals surface area contributed by atoms with Crippen LogP contribution in [0.25, 0.3) is 0 Å². The van der Waals surface area contributed by atoms with Gasteiger partial charge in [0.2, 0.25) is 0 Å². The third-order valence-corrected chi connectivity index (χ3v) is 3.01. The van der Waals surface area contributed by atoms with Crippen LogP contribution in [0, 0.1) is 0 Å². The molecule has 1 aromatic rings. The number of hydrogen-bond acceptors (Lipinski definition) is 4. The summed E-state index contributed by atoms with van der Waals surface area (Å²) >= 11 is 7.32. The van der Waals surface area contributed by atoms with Crippen LogP contribution in [-0.4, -0.2) is 19.1 Å². The van der Waals surface area contributed by atoms with Crippen molar-refractivity contribution in [1.82, 2.24) is 0 Å². The van der Waals surface area contributed by atoms with Gasteiger partial charge in [0.25, 0.3) is 0 Å². The average molecular weight is 220 g/mol. The molecule has 0 aliphatic heterocycles. The lowest BCUT2D eigenvalue weighted by Gasteiger charge is -2.07. The summed E-state index contributed by atoms with van der Waals surface area (Å²) in [4.78, 5) is 11.9. The average Bonchev–Trinajstić information content (AvgIpc) is 2.50. The number of halogens is 1. The lowest BCUT2D eigenvalue weighted by Crippen LogP contribution is -2.33. The molecular formula is C8H10ClNO2S. The molecule has 0 saturated carbocycles. The molecule has 1 heterocycles. The lowest BCUT2D eigenvalue weighted by atomic mass is 10.2. The first-order valence-corrected chi connectivity index (χ1v) is 4.96. The zero-order valence-electron chi connectivity index (χ0n) is 7.12. The standard InChI is InChI=1S/C8H10ClNO2S/c1-12-8(11)6(10)4-7-5(9)2-3-13-7/h2-3,6H,4,10H2,1H3/t6-/m0/s1. The van der Waals surface area contributed by atoms with Crippen LogP contribution in [0.2, 0.25) is 5.02 Å². The van der Waals surface area contributed by atoms with Gasteiger partial charge in [-0.25, -0.2) is 0 Å². The Morgan fingerprint density at radius 2 is 2.54 bits per heavy atom. The Labute approximate surface area is 85.4 Å². The maximum atomic E-state index is 11.0. The summed E-state index contributed by atoms with van der Waals surface area (Å²) in [5.74, 6) is -0.413. The van der Waals surface area contributed by atoms with Gasteiger partial charge >= 0.3 is 5.97 Å². The molecule has 0 radical (unpaired) electrons. The van der Waals surface area contributed by atoms with Gasteiger partial charge < -0.3 is 10.5 Å². The second-order valence-corrected chi connectivity index (χ2v) is 3.93. The zero-order valence-corrected chi connectivity index (χ0v) is 8.69. The Bertz CT molecular complexity index is 300. The number of thiophene rings is 1. The number of ether oxygens (including phenoxy) is 1. The van der Waals surface area contributed by atoms with Crippen molar-refractivity contribution in [2.45, 2.75) is 12.5 Å². The number of methoxy groups -OCH3 is 1. The molecular weight excluding hydrogens is 210 g/mol. The zero-order chi connectivity index (χ0) is 9.84. The van der Waals surface area contributed by atoms with Crippen molar-refractivity contribution in [1.29, 1.82) is 0 Å². The summed E-state index contributed by atoms with van der Waals surface area (Å²) < 4.78 is 4.50. The van der Waals surface area contributed by atoms with Crippen molar-refractivity contribution in [3.63, 3.8) is 0 Å². The molecule has 0 bridgehead atoms. The predicted octanol–water partition coefficient (Wildman–Crippen LogP) is 1.44. The molecule has 1 aromatic heterocycles. The molecule has 0 aliphatic rings. The Balaban J connectivity index is 2.59. The summed E-state index contributed by atoms with van der Waals surface area (Å²) in [7, 11) is 1.32. The molecule has 13 heavy (non-hydrogen) atoms. The van der Waals surface area contributed by atoms with E-state index in [1.54, 1.807) is 6.07 Å². The van der Waals surface area contributed by atoms with Gasteiger partial charge in [0, 0.05) is 11.3 Å². The predicted molar refractivity (Wildman–Crippen MR) is 53.0 cm³/mol. The second-order valence-electron chi connectivity index (χ2n) is 2.53. The van der Waals surface area contributed by atoms with Crippen molar-refractivity contribution in [2.75, 3.05) is 7.11 Å². The molecule has 0 spiro atoms. The highest BCUT2D eigenvalue weighted by molar-refractivity contribution is 7.10. The van der Waals surface area contributed by atoms with Gasteiger partial charge in [-0.1, -0.05) is 11.6 Å². The molecule has 0 aliphatic carbocycles. The van der Waals surface area contributed by atoms with E-state index in [0.717, 1.165) is 4.88 Å². The van der Waals surface area contributed by atoms with E-state index < -0.39 is 12.0 Å². The van der Waals surface area contributed by atoms with E-state index in [1.165, 1.54) is 18.4 Å². The number of esters is 1. The lowest BCUT2D eigenvalue weighted by molar-refractivity contribution is -0.142. The third-order valence-electron chi connectivity index (χ3n) is 1.60. The molecule has 0 fully saturated rings. The second kappa shape index (κ2) is 4.60. The van der Waals surface area contributed by atoms with Gasteiger partial charge in [-0.3, -0.25) is 4.79 Å². The molecule has 0 aromatic carbocycles. The number of nitrogens with two attached hydrogens (primary N) is 1. The molecule has 3 nitrogen and oxygen atoms in total. The summed E-state index contributed by atoms with van der Waals surface area (Å²) in [5, 5.41) is 2.52. The van der Waals surface area contributed by atoms with Gasteiger partial charge in [0.15, 0.2) is 0 Å². The summed E-state index contributed by atoms with van der Waals surface area (Å²) in [6.07, 6.45) is 0.434. The minimum Gasteiger partial charge on any atom is -0.468 e. The topological polar surface area (TPSA) is 52.3 Å². The number of carbonyl (C=O) groups excluding carboxylic acids is 1. The fourth-order valence-corrected chi connectivity index (χ4v) is 2.08. The van der Waals surface area contributed by atoms with Crippen molar-refractivity contribution in [2.24, 2.45) is 5.73 Å². The fraction of sp³-hybridized carbons (Fsp3) is 0.375. The Morgan fingerprint density at radius 3 is 3.00 bits per heavy atom. The van der Waals surface area contributed by atoms with E-state index in [0.29, 0.717) is 11.4 Å². The molecule has 1 rings (SSSR count). The smallest absolute Gasteiger partial charge is 0.323 e. The van der Waals surface area contributed by atoms with Crippen LogP contribution < -0.4 is 5.73 Å². The fourth-order valence-electron chi connectivity index (χ4n) is 0.905. The van der Waals surface area contributed by atoms with Gasteiger partial charge in [-0.05, 0) is 11.4 Å². The summed E-state index contributed by atoms with van der Waals surface area (Å²) in [6, 6.07) is 1.16. The summed E-state index contributed by atoms with van der Waals surface area (Å²) in [6.45, 7) is 0. The maximum absolute atomic E-state index is 11.0. The van der Waals surface area contributed by atoms with E-state index in [1.807, 2.05) is 5.38 Å². The number of carbonyl (C=O) groups is 1. The van der Waals surface area contributed by atoms with E-state index in [-0.39, 0.29) is 0 Å². The first-order chi connectivity index (χ1) is 6.15. The van der Waals surface area contributed by atoms with Crippen molar-refractivity contribution in [3.8, 4) is 0 Å². The van der Waals surface area contributed by atoms with Gasteiger partial charge in [-0.15, -0.1) is 11.3 Å². The SMILES string of the molecule is COC(=O)[C@@H](N)Cc1sccc1Cl. The van der Waals surface area contributed by atoms with Crippen LogP contribution in [-0.2, 0) is 16.0 Å². The first kappa shape index (κ1) is 10.5. The Kier molecular flexibility index (Phi) is 3.71. The van der Waals surface area contributed by atoms with Gasteiger partial charge in [0.05, 0.1) is 12.1 Å². The normalized spacial score (nSPS) is 12.5. The molecule has 1 atom stereocenters. The van der Waals surface area contributed by atoms with E-state index in [2.05, 4.69) is 4.74 Å². The van der Waals surface area contributed by atoms with Gasteiger partial charge in [0.1, 0.15) is 6.04 Å². The maximum Gasteiger partial charge on any atom is 0.323 e. The molecule has 5 heteroatoms. The molecule has 0 unspecified atom stereocenters. The van der Waals surface area contributed by atoms with Crippen LogP contribution in [0.15, 0.2) is 11.4 Å². The molecule has 0 saturated heterocycles. The van der Waals surface area contributed by atoms with E-state index in [4.69, 9.17) is 17.3 Å². The van der Waals surface area contributed by atoms with Crippen LogP contribution in [0.1, 0.15) is 4.88 Å². The Morgan fingerprint density at radius 1 is 1.85 bits per heavy atom. The van der Waals surface area contributed by atoms with Crippen LogP contribution in [0.3, 0.4) is 0 Å². The minimum absolute atomic E-state index is 0.413. The van der Waals surface area contributed by atoms with Crippen LogP contribution in [0.4, 0.5) is 0 Å². The van der Waals surface area contributed by atoms with Gasteiger partial charge in [-0.2, -0.15) is 0 Å². The van der Waals surface area contributed by atoms with E-state index >= 15 is 0 Å². The highest BCUT2D eigenvalue weighted by atomic mass is 35.5. The molecule has 72 valence electrons. The van der Waals surface area contributed by atoms with Crippen molar-refractivity contribution < 1.29 is 9.53 Å². The molecule has 0 amide bonds. The van der Waals surface area contributed by atoms with E-state index in [9.17, 15) is 4.79 Å². The van der Waals surface area contributed by atoms with Crippen molar-refractivity contribution >= 4 is 28.9 Å². The molecule has 2 N–H and O–H groups in total. The highest BCUT2D eigenvalue weighted by Crippen LogP contribution is 2.23.